The monoisotopic (exact) mass is 300 g/mol. The number of thioether (sulfide) groups is 1. The van der Waals surface area contributed by atoms with E-state index in [1.807, 2.05) is 0 Å². The summed E-state index contributed by atoms with van der Waals surface area (Å²) >= 11 is 1.62. The number of fused-ring (bicyclic) bond motifs is 3. The molecule has 1 aromatic carbocycles. The molecule has 1 aromatic heterocycles. The summed E-state index contributed by atoms with van der Waals surface area (Å²) < 4.78 is 5.60. The minimum absolute atomic E-state index is 0.0934. The molecule has 0 N–H and O–H groups in total. The number of rotatable bonds is 3. The van der Waals surface area contributed by atoms with Crippen LogP contribution < -0.4 is 5.43 Å². The molecule has 0 saturated carbocycles. The van der Waals surface area contributed by atoms with Gasteiger partial charge in [-0.3, -0.25) is 9.59 Å². The molecule has 1 unspecified atom stereocenters. The predicted octanol–water partition coefficient (Wildman–Crippen LogP) is 4.24. The number of aldehydes is 1. The molecule has 4 heteroatoms. The van der Waals surface area contributed by atoms with Gasteiger partial charge in [0.25, 0.3) is 0 Å². The molecule has 0 amide bonds. The summed E-state index contributed by atoms with van der Waals surface area (Å²) in [5.41, 5.74) is 2.69. The fraction of sp³-hybridized carbons (Fsp3) is 0.294. The van der Waals surface area contributed by atoms with Crippen molar-refractivity contribution < 1.29 is 9.21 Å². The molecular weight excluding hydrogens is 284 g/mol. The Balaban J connectivity index is 2.19. The average Bonchev–Trinajstić information content (AvgIpc) is 2.53. The Morgan fingerprint density at radius 3 is 2.95 bits per heavy atom. The Kier molecular flexibility index (Phi) is 3.72. The number of carbonyl (C=O) groups is 1. The third-order valence-electron chi connectivity index (χ3n) is 4.04. The van der Waals surface area contributed by atoms with Gasteiger partial charge in [0.15, 0.2) is 11.7 Å². The van der Waals surface area contributed by atoms with Crippen molar-refractivity contribution in [1.29, 1.82) is 0 Å². The van der Waals surface area contributed by atoms with E-state index in [0.717, 1.165) is 16.9 Å². The van der Waals surface area contributed by atoms with Crippen LogP contribution in [0.5, 0.6) is 0 Å². The Bertz CT molecular complexity index is 761. The number of benzene rings is 1. The highest BCUT2D eigenvalue weighted by molar-refractivity contribution is 7.98. The van der Waals surface area contributed by atoms with Crippen molar-refractivity contribution in [2.45, 2.75) is 36.8 Å². The molecule has 0 fully saturated rings. The number of carbonyl (C=O) groups excluding carboxylic acids is 1. The van der Waals surface area contributed by atoms with Gasteiger partial charge in [-0.25, -0.2) is 0 Å². The van der Waals surface area contributed by atoms with Crippen molar-refractivity contribution in [3.8, 4) is 11.3 Å². The second-order valence-electron chi connectivity index (χ2n) is 5.30. The molecule has 1 atom stereocenters. The maximum atomic E-state index is 12.2. The Morgan fingerprint density at radius 1 is 1.43 bits per heavy atom. The molecule has 1 aliphatic rings. The molecule has 0 spiro atoms. The normalized spacial score (nSPS) is 14.2. The third-order valence-corrected chi connectivity index (χ3v) is 5.14. The first-order chi connectivity index (χ1) is 10.2. The fourth-order valence-corrected chi connectivity index (χ4v) is 3.54. The second kappa shape index (κ2) is 5.53. The van der Waals surface area contributed by atoms with Gasteiger partial charge in [0, 0.05) is 16.2 Å². The SMILES string of the molecule is CCC(C)c1ccc2c(c1)-c1occ(C=O)c(=O)c1CS2. The van der Waals surface area contributed by atoms with Gasteiger partial charge in [0.05, 0.1) is 11.1 Å². The Hall–Kier alpha value is -1.81. The Morgan fingerprint density at radius 2 is 2.24 bits per heavy atom. The maximum absolute atomic E-state index is 12.2. The lowest BCUT2D eigenvalue weighted by atomic mass is 9.95. The van der Waals surface area contributed by atoms with E-state index in [2.05, 4.69) is 32.0 Å². The molecule has 108 valence electrons. The smallest absolute Gasteiger partial charge is 0.200 e. The van der Waals surface area contributed by atoms with Crippen LogP contribution in [0.1, 0.15) is 47.7 Å². The van der Waals surface area contributed by atoms with Crippen molar-refractivity contribution >= 4 is 18.0 Å². The van der Waals surface area contributed by atoms with Crippen LogP contribution in [0.3, 0.4) is 0 Å². The Labute approximate surface area is 127 Å². The topological polar surface area (TPSA) is 47.3 Å². The molecule has 1 aliphatic heterocycles. The molecule has 2 heterocycles. The van der Waals surface area contributed by atoms with Gasteiger partial charge < -0.3 is 4.42 Å². The van der Waals surface area contributed by atoms with E-state index >= 15 is 0 Å². The molecule has 0 bridgehead atoms. The van der Waals surface area contributed by atoms with Gasteiger partial charge in [0.1, 0.15) is 12.0 Å². The van der Waals surface area contributed by atoms with Crippen molar-refractivity contribution in [2.24, 2.45) is 0 Å². The second-order valence-corrected chi connectivity index (χ2v) is 6.32. The van der Waals surface area contributed by atoms with Crippen LogP contribution in [0.15, 0.2) is 38.6 Å². The zero-order valence-corrected chi connectivity index (χ0v) is 12.8. The number of hydrogen-bond acceptors (Lipinski definition) is 4. The lowest BCUT2D eigenvalue weighted by Gasteiger charge is -2.19. The molecule has 2 aromatic rings. The highest BCUT2D eigenvalue weighted by Gasteiger charge is 2.23. The van der Waals surface area contributed by atoms with Crippen molar-refractivity contribution in [2.75, 3.05) is 0 Å². The van der Waals surface area contributed by atoms with E-state index in [1.165, 1.54) is 11.8 Å². The minimum Gasteiger partial charge on any atom is -0.463 e. The summed E-state index contributed by atoms with van der Waals surface area (Å²) in [5.74, 6) is 1.63. The van der Waals surface area contributed by atoms with Crippen molar-refractivity contribution in [3.63, 3.8) is 0 Å². The molecule has 3 nitrogen and oxygen atoms in total. The van der Waals surface area contributed by atoms with Crippen LogP contribution in [0.25, 0.3) is 11.3 Å². The summed E-state index contributed by atoms with van der Waals surface area (Å²) in [6, 6.07) is 6.35. The highest BCUT2D eigenvalue weighted by Crippen LogP contribution is 2.41. The number of hydrogen-bond donors (Lipinski definition) is 0. The van der Waals surface area contributed by atoms with Gasteiger partial charge in [-0.15, -0.1) is 11.8 Å². The lowest BCUT2D eigenvalue weighted by Crippen LogP contribution is -2.16. The zero-order valence-electron chi connectivity index (χ0n) is 12.0. The quantitative estimate of drug-likeness (QED) is 0.795. The van der Waals surface area contributed by atoms with Crippen LogP contribution >= 0.6 is 11.8 Å². The van der Waals surface area contributed by atoms with Crippen LogP contribution in [0.4, 0.5) is 0 Å². The third kappa shape index (κ3) is 2.33. The van der Waals surface area contributed by atoms with E-state index in [9.17, 15) is 9.59 Å². The summed E-state index contributed by atoms with van der Waals surface area (Å²) in [5, 5.41) is 0. The maximum Gasteiger partial charge on any atom is 0.200 e. The van der Waals surface area contributed by atoms with Gasteiger partial charge in [-0.1, -0.05) is 19.9 Å². The lowest BCUT2D eigenvalue weighted by molar-refractivity contribution is 0.112. The van der Waals surface area contributed by atoms with Crippen LogP contribution in [-0.4, -0.2) is 6.29 Å². The van der Waals surface area contributed by atoms with E-state index in [4.69, 9.17) is 4.42 Å². The average molecular weight is 300 g/mol. The molecule has 3 rings (SSSR count). The van der Waals surface area contributed by atoms with E-state index in [-0.39, 0.29) is 11.0 Å². The summed E-state index contributed by atoms with van der Waals surface area (Å²) in [4.78, 5) is 24.2. The van der Waals surface area contributed by atoms with Crippen molar-refractivity contribution in [3.05, 3.63) is 51.4 Å². The first kappa shape index (κ1) is 14.1. The summed E-state index contributed by atoms with van der Waals surface area (Å²) in [6.07, 6.45) is 2.89. The van der Waals surface area contributed by atoms with E-state index in [1.54, 1.807) is 11.8 Å². The molecule has 21 heavy (non-hydrogen) atoms. The molecular formula is C17H16O3S. The van der Waals surface area contributed by atoms with E-state index < -0.39 is 0 Å². The van der Waals surface area contributed by atoms with Gasteiger partial charge in [-0.2, -0.15) is 0 Å². The van der Waals surface area contributed by atoms with Gasteiger partial charge >= 0.3 is 0 Å². The van der Waals surface area contributed by atoms with Crippen LogP contribution in [0, 0.1) is 0 Å². The highest BCUT2D eigenvalue weighted by atomic mass is 32.2. The van der Waals surface area contributed by atoms with Crippen LogP contribution in [0.2, 0.25) is 0 Å². The largest absolute Gasteiger partial charge is 0.463 e. The predicted molar refractivity (Wildman–Crippen MR) is 84.1 cm³/mol. The minimum atomic E-state index is -0.210. The van der Waals surface area contributed by atoms with Gasteiger partial charge in [0.2, 0.25) is 0 Å². The first-order valence-electron chi connectivity index (χ1n) is 7.02. The van der Waals surface area contributed by atoms with E-state index in [0.29, 0.717) is 29.3 Å². The molecule has 0 aliphatic carbocycles. The summed E-state index contributed by atoms with van der Waals surface area (Å²) in [7, 11) is 0. The fourth-order valence-electron chi connectivity index (χ4n) is 2.51. The first-order valence-corrected chi connectivity index (χ1v) is 8.01. The van der Waals surface area contributed by atoms with Crippen molar-refractivity contribution in [1.82, 2.24) is 0 Å². The molecule has 0 saturated heterocycles. The zero-order chi connectivity index (χ0) is 15.0. The van der Waals surface area contributed by atoms with Crippen LogP contribution in [-0.2, 0) is 5.75 Å². The van der Waals surface area contributed by atoms with Gasteiger partial charge in [-0.05, 0) is 30.0 Å². The molecule has 0 radical (unpaired) electrons. The standard InChI is InChI=1S/C17H16O3S/c1-3-10(2)11-4-5-15-13(6-11)17-14(9-21-15)16(19)12(7-18)8-20-17/h4-8,10H,3,9H2,1-2H3. The summed E-state index contributed by atoms with van der Waals surface area (Å²) in [6.45, 7) is 4.34.